The van der Waals surface area contributed by atoms with Gasteiger partial charge >= 0.3 is 0 Å². The minimum absolute atomic E-state index is 0.773. The van der Waals surface area contributed by atoms with Crippen LogP contribution in [0.4, 0.5) is 0 Å². The van der Waals surface area contributed by atoms with E-state index in [1.165, 1.54) is 51.9 Å². The fourth-order valence-corrected chi connectivity index (χ4v) is 3.38. The summed E-state index contributed by atoms with van der Waals surface area (Å²) in [5, 5.41) is 0. The Balaban J connectivity index is 1.89. The van der Waals surface area contributed by atoms with E-state index >= 15 is 0 Å². The first-order valence-corrected chi connectivity index (χ1v) is 7.22. The van der Waals surface area contributed by atoms with E-state index in [4.69, 9.17) is 0 Å². The van der Waals surface area contributed by atoms with Gasteiger partial charge < -0.3 is 0 Å². The van der Waals surface area contributed by atoms with Crippen LogP contribution in [0.3, 0.4) is 0 Å². The summed E-state index contributed by atoms with van der Waals surface area (Å²) in [6.45, 7) is 12.4. The lowest BCUT2D eigenvalue weighted by Gasteiger charge is -2.43. The Labute approximate surface area is 101 Å². The summed E-state index contributed by atoms with van der Waals surface area (Å²) < 4.78 is 0. The zero-order valence-corrected chi connectivity index (χ0v) is 11.3. The van der Waals surface area contributed by atoms with Gasteiger partial charge in [0.25, 0.3) is 0 Å². The molecule has 2 atom stereocenters. The van der Waals surface area contributed by atoms with E-state index in [1.54, 1.807) is 0 Å². The van der Waals surface area contributed by atoms with E-state index in [2.05, 4.69) is 30.6 Å². The van der Waals surface area contributed by atoms with Crippen LogP contribution in [0.5, 0.6) is 0 Å². The lowest BCUT2D eigenvalue weighted by molar-refractivity contribution is 0.0471. The molecule has 0 amide bonds. The van der Waals surface area contributed by atoms with Gasteiger partial charge in [-0.3, -0.25) is 9.80 Å². The maximum Gasteiger partial charge on any atom is 0.0224 e. The number of piperazine rings is 1. The molecule has 0 bridgehead atoms. The topological polar surface area (TPSA) is 6.48 Å². The summed E-state index contributed by atoms with van der Waals surface area (Å²) in [6, 6.07) is 1.65. The minimum atomic E-state index is 0.773. The highest BCUT2D eigenvalue weighted by Crippen LogP contribution is 2.25. The Bertz CT molecular complexity index is 211. The Hall–Kier alpha value is -0.0800. The molecule has 2 heterocycles. The Morgan fingerprint density at radius 1 is 1.19 bits per heavy atom. The lowest BCUT2D eigenvalue weighted by atomic mass is 10.00. The molecular formula is C14H28N2. The van der Waals surface area contributed by atoms with Crippen molar-refractivity contribution in [2.24, 2.45) is 5.92 Å². The number of nitrogens with zero attached hydrogens (tertiary/aromatic N) is 2. The standard InChI is InChI=1S/C14H28N2/c1-4-13(5-2)10-16-11-14-7-6-8-15(14)9-12(16)3/h12-14H,4-11H2,1-3H3. The molecule has 0 aromatic heterocycles. The van der Waals surface area contributed by atoms with E-state index in [9.17, 15) is 0 Å². The molecule has 16 heavy (non-hydrogen) atoms. The highest BCUT2D eigenvalue weighted by Gasteiger charge is 2.34. The van der Waals surface area contributed by atoms with Crippen molar-refractivity contribution in [3.8, 4) is 0 Å². The van der Waals surface area contributed by atoms with E-state index in [1.807, 2.05) is 0 Å². The maximum absolute atomic E-state index is 2.75. The third-order valence-corrected chi connectivity index (χ3v) is 4.71. The van der Waals surface area contributed by atoms with Crippen LogP contribution in [0.1, 0.15) is 46.5 Å². The second-order valence-corrected chi connectivity index (χ2v) is 5.78. The van der Waals surface area contributed by atoms with Gasteiger partial charge in [0.1, 0.15) is 0 Å². The Morgan fingerprint density at radius 2 is 1.94 bits per heavy atom. The molecule has 0 aromatic rings. The molecule has 2 unspecified atom stereocenters. The molecule has 0 aliphatic carbocycles. The highest BCUT2D eigenvalue weighted by molar-refractivity contribution is 4.90. The second-order valence-electron chi connectivity index (χ2n) is 5.78. The Kier molecular flexibility index (Phi) is 4.26. The summed E-state index contributed by atoms with van der Waals surface area (Å²) in [6.07, 6.45) is 5.55. The fraction of sp³-hybridized carbons (Fsp3) is 1.00. The van der Waals surface area contributed by atoms with Gasteiger partial charge in [-0.25, -0.2) is 0 Å². The molecule has 2 saturated heterocycles. The smallest absolute Gasteiger partial charge is 0.0224 e. The maximum atomic E-state index is 2.75. The first-order valence-electron chi connectivity index (χ1n) is 7.22. The van der Waals surface area contributed by atoms with Gasteiger partial charge in [0.05, 0.1) is 0 Å². The lowest BCUT2D eigenvalue weighted by Crippen LogP contribution is -2.55. The van der Waals surface area contributed by atoms with Crippen molar-refractivity contribution < 1.29 is 0 Å². The zero-order chi connectivity index (χ0) is 11.5. The van der Waals surface area contributed by atoms with Gasteiger partial charge in [-0.2, -0.15) is 0 Å². The third-order valence-electron chi connectivity index (χ3n) is 4.71. The second kappa shape index (κ2) is 5.50. The summed E-state index contributed by atoms with van der Waals surface area (Å²) in [5.41, 5.74) is 0. The summed E-state index contributed by atoms with van der Waals surface area (Å²) in [5.74, 6) is 0.912. The van der Waals surface area contributed by atoms with E-state index in [-0.39, 0.29) is 0 Å². The first-order chi connectivity index (χ1) is 7.74. The predicted octanol–water partition coefficient (Wildman–Crippen LogP) is 2.59. The molecule has 0 spiro atoms. The minimum Gasteiger partial charge on any atom is -0.298 e. The van der Waals surface area contributed by atoms with Crippen molar-refractivity contribution in [1.82, 2.24) is 9.80 Å². The average Bonchev–Trinajstić information content (AvgIpc) is 2.72. The zero-order valence-electron chi connectivity index (χ0n) is 11.3. The number of hydrogen-bond donors (Lipinski definition) is 0. The number of rotatable bonds is 4. The summed E-state index contributed by atoms with van der Waals surface area (Å²) in [7, 11) is 0. The summed E-state index contributed by atoms with van der Waals surface area (Å²) >= 11 is 0. The average molecular weight is 224 g/mol. The quantitative estimate of drug-likeness (QED) is 0.724. The predicted molar refractivity (Wildman–Crippen MR) is 69.7 cm³/mol. The van der Waals surface area contributed by atoms with Crippen molar-refractivity contribution in [3.63, 3.8) is 0 Å². The van der Waals surface area contributed by atoms with Gasteiger partial charge in [0.15, 0.2) is 0 Å². The van der Waals surface area contributed by atoms with Crippen LogP contribution in [0.15, 0.2) is 0 Å². The van der Waals surface area contributed by atoms with Gasteiger partial charge in [0.2, 0.25) is 0 Å². The molecule has 0 N–H and O–H groups in total. The van der Waals surface area contributed by atoms with Crippen molar-refractivity contribution in [1.29, 1.82) is 0 Å². The van der Waals surface area contributed by atoms with Crippen LogP contribution in [0.25, 0.3) is 0 Å². The SMILES string of the molecule is CCC(CC)CN1CC2CCCN2CC1C. The van der Waals surface area contributed by atoms with Gasteiger partial charge in [-0.15, -0.1) is 0 Å². The highest BCUT2D eigenvalue weighted by atomic mass is 15.3. The van der Waals surface area contributed by atoms with Crippen molar-refractivity contribution >= 4 is 0 Å². The molecule has 0 saturated carbocycles. The van der Waals surface area contributed by atoms with Gasteiger partial charge in [0, 0.05) is 31.7 Å². The van der Waals surface area contributed by atoms with E-state index in [0.29, 0.717) is 0 Å². The van der Waals surface area contributed by atoms with Crippen LogP contribution >= 0.6 is 0 Å². The van der Waals surface area contributed by atoms with Crippen LogP contribution in [-0.2, 0) is 0 Å². The van der Waals surface area contributed by atoms with Gasteiger partial charge in [-0.05, 0) is 32.2 Å². The van der Waals surface area contributed by atoms with E-state index in [0.717, 1.165) is 18.0 Å². The van der Waals surface area contributed by atoms with Crippen LogP contribution in [0, 0.1) is 5.92 Å². The van der Waals surface area contributed by atoms with Crippen molar-refractivity contribution in [2.75, 3.05) is 26.2 Å². The molecule has 2 aliphatic rings. The molecule has 2 fully saturated rings. The van der Waals surface area contributed by atoms with Crippen molar-refractivity contribution in [2.45, 2.75) is 58.5 Å². The molecule has 94 valence electrons. The van der Waals surface area contributed by atoms with Crippen LogP contribution < -0.4 is 0 Å². The summed E-state index contributed by atoms with van der Waals surface area (Å²) in [4.78, 5) is 5.47. The molecule has 0 aromatic carbocycles. The molecule has 2 nitrogen and oxygen atoms in total. The molecule has 2 heteroatoms. The van der Waals surface area contributed by atoms with E-state index < -0.39 is 0 Å². The normalized spacial score (nSPS) is 32.2. The first kappa shape index (κ1) is 12.4. The number of hydrogen-bond acceptors (Lipinski definition) is 2. The molecule has 2 rings (SSSR count). The third kappa shape index (κ3) is 2.60. The fourth-order valence-electron chi connectivity index (χ4n) is 3.38. The van der Waals surface area contributed by atoms with Crippen LogP contribution in [0.2, 0.25) is 0 Å². The van der Waals surface area contributed by atoms with Crippen LogP contribution in [-0.4, -0.2) is 48.1 Å². The Morgan fingerprint density at radius 3 is 2.62 bits per heavy atom. The monoisotopic (exact) mass is 224 g/mol. The van der Waals surface area contributed by atoms with Gasteiger partial charge in [-0.1, -0.05) is 26.7 Å². The number of fused-ring (bicyclic) bond motifs is 1. The molecule has 0 radical (unpaired) electrons. The largest absolute Gasteiger partial charge is 0.298 e. The van der Waals surface area contributed by atoms with Crippen molar-refractivity contribution in [3.05, 3.63) is 0 Å². The molecular weight excluding hydrogens is 196 g/mol. The molecule has 2 aliphatic heterocycles.